The monoisotopic (exact) mass is 257 g/mol. The first-order valence-electron chi connectivity index (χ1n) is 7.12. The molecule has 0 bridgehead atoms. The maximum absolute atomic E-state index is 10.5. The average Bonchev–Trinajstić information content (AvgIpc) is 2.27. The van der Waals surface area contributed by atoms with Crippen LogP contribution in [-0.4, -0.2) is 42.3 Å². The number of rotatable bonds is 3. The highest BCUT2D eigenvalue weighted by Crippen LogP contribution is 2.31. The summed E-state index contributed by atoms with van der Waals surface area (Å²) >= 11 is 0. The van der Waals surface area contributed by atoms with Crippen molar-refractivity contribution in [2.24, 2.45) is 5.92 Å². The minimum absolute atomic E-state index is 0.194. The van der Waals surface area contributed by atoms with E-state index < -0.39 is 11.4 Å². The predicted octanol–water partition coefficient (Wildman–Crippen LogP) is 1.67. The van der Waals surface area contributed by atoms with Crippen LogP contribution in [0.15, 0.2) is 0 Å². The van der Waals surface area contributed by atoms with Crippen LogP contribution in [0, 0.1) is 5.92 Å². The third-order valence-corrected chi connectivity index (χ3v) is 4.05. The molecule has 1 saturated heterocycles. The van der Waals surface area contributed by atoms with E-state index in [9.17, 15) is 5.11 Å². The summed E-state index contributed by atoms with van der Waals surface area (Å²) in [7, 11) is 0. The number of hydrogen-bond donors (Lipinski definition) is 2. The molecule has 0 radical (unpaired) electrons. The van der Waals surface area contributed by atoms with Crippen LogP contribution < -0.4 is 5.32 Å². The molecule has 2 rings (SSSR count). The molecule has 2 N–H and O–H groups in total. The van der Waals surface area contributed by atoms with Crippen LogP contribution in [0.25, 0.3) is 0 Å². The van der Waals surface area contributed by atoms with Gasteiger partial charge in [0.25, 0.3) is 0 Å². The van der Waals surface area contributed by atoms with Crippen LogP contribution in [0.3, 0.4) is 0 Å². The lowest BCUT2D eigenvalue weighted by Gasteiger charge is -2.39. The minimum Gasteiger partial charge on any atom is -0.389 e. The van der Waals surface area contributed by atoms with Crippen molar-refractivity contribution in [1.82, 2.24) is 5.32 Å². The number of nitrogens with one attached hydrogen (secondary N) is 1. The van der Waals surface area contributed by atoms with Crippen LogP contribution in [0.5, 0.6) is 0 Å². The van der Waals surface area contributed by atoms with E-state index in [0.717, 1.165) is 19.3 Å². The lowest BCUT2D eigenvalue weighted by molar-refractivity contribution is -0.253. The normalized spacial score (nSPS) is 37.7. The van der Waals surface area contributed by atoms with E-state index in [0.29, 0.717) is 25.7 Å². The van der Waals surface area contributed by atoms with Crippen LogP contribution >= 0.6 is 0 Å². The Kier molecular flexibility index (Phi) is 4.32. The fraction of sp³-hybridized carbons (Fsp3) is 1.00. The van der Waals surface area contributed by atoms with Crippen LogP contribution in [0.1, 0.15) is 46.5 Å². The Morgan fingerprint density at radius 3 is 2.56 bits per heavy atom. The summed E-state index contributed by atoms with van der Waals surface area (Å²) < 4.78 is 11.2. The van der Waals surface area contributed by atoms with Gasteiger partial charge in [0.1, 0.15) is 0 Å². The lowest BCUT2D eigenvalue weighted by Crippen LogP contribution is -2.53. The Morgan fingerprint density at radius 2 is 1.94 bits per heavy atom. The molecule has 0 spiro atoms. The van der Waals surface area contributed by atoms with E-state index in [4.69, 9.17) is 9.47 Å². The van der Waals surface area contributed by atoms with E-state index >= 15 is 0 Å². The molecular formula is C14H27NO3. The van der Waals surface area contributed by atoms with Gasteiger partial charge in [0.2, 0.25) is 0 Å². The molecule has 2 unspecified atom stereocenters. The molecule has 4 nitrogen and oxygen atoms in total. The van der Waals surface area contributed by atoms with E-state index in [1.165, 1.54) is 6.42 Å². The van der Waals surface area contributed by atoms with Crippen LogP contribution in [0.2, 0.25) is 0 Å². The molecule has 1 aliphatic carbocycles. The van der Waals surface area contributed by atoms with Gasteiger partial charge in [-0.2, -0.15) is 0 Å². The van der Waals surface area contributed by atoms with Gasteiger partial charge in [0, 0.05) is 6.54 Å². The zero-order chi connectivity index (χ0) is 13.2. The Bertz CT molecular complexity index is 272. The number of aliphatic hydroxyl groups is 1. The maximum atomic E-state index is 10.5. The Morgan fingerprint density at radius 1 is 1.28 bits per heavy atom. The molecule has 2 atom stereocenters. The van der Waals surface area contributed by atoms with Crippen molar-refractivity contribution in [3.05, 3.63) is 0 Å². The molecule has 1 saturated carbocycles. The fourth-order valence-corrected chi connectivity index (χ4v) is 2.94. The molecule has 2 aliphatic rings. The smallest absolute Gasteiger partial charge is 0.162 e. The summed E-state index contributed by atoms with van der Waals surface area (Å²) in [6.45, 7) is 8.03. The molecule has 0 aromatic heterocycles. The second-order valence-corrected chi connectivity index (χ2v) is 6.53. The average molecular weight is 257 g/mol. The van der Waals surface area contributed by atoms with E-state index in [1.807, 2.05) is 13.8 Å². The highest BCUT2D eigenvalue weighted by atomic mass is 16.7. The summed E-state index contributed by atoms with van der Waals surface area (Å²) in [4.78, 5) is 0. The third kappa shape index (κ3) is 3.92. The topological polar surface area (TPSA) is 50.7 Å². The first kappa shape index (κ1) is 14.3. The molecule has 1 heterocycles. The largest absolute Gasteiger partial charge is 0.389 e. The predicted molar refractivity (Wildman–Crippen MR) is 70.4 cm³/mol. The van der Waals surface area contributed by atoms with Gasteiger partial charge in [-0.05, 0) is 32.6 Å². The molecule has 0 aromatic carbocycles. The van der Waals surface area contributed by atoms with Gasteiger partial charge in [-0.25, -0.2) is 0 Å². The van der Waals surface area contributed by atoms with Crippen LogP contribution in [-0.2, 0) is 9.47 Å². The van der Waals surface area contributed by atoms with Crippen molar-refractivity contribution in [3.63, 3.8) is 0 Å². The Labute approximate surface area is 110 Å². The highest BCUT2D eigenvalue weighted by molar-refractivity contribution is 4.88. The minimum atomic E-state index is -0.537. The lowest BCUT2D eigenvalue weighted by atomic mass is 9.79. The van der Waals surface area contributed by atoms with Gasteiger partial charge in [-0.1, -0.05) is 19.8 Å². The number of hydrogen-bond acceptors (Lipinski definition) is 4. The second kappa shape index (κ2) is 5.45. The summed E-state index contributed by atoms with van der Waals surface area (Å²) in [5, 5.41) is 13.9. The Hall–Kier alpha value is -0.160. The second-order valence-electron chi connectivity index (χ2n) is 6.53. The van der Waals surface area contributed by atoms with Crippen molar-refractivity contribution in [1.29, 1.82) is 0 Å². The quantitative estimate of drug-likeness (QED) is 0.807. The van der Waals surface area contributed by atoms with Crippen molar-refractivity contribution < 1.29 is 14.6 Å². The van der Waals surface area contributed by atoms with Crippen LogP contribution in [0.4, 0.5) is 0 Å². The zero-order valence-corrected chi connectivity index (χ0v) is 11.9. The molecule has 4 heteroatoms. The van der Waals surface area contributed by atoms with Crippen molar-refractivity contribution in [2.45, 2.75) is 63.9 Å². The summed E-state index contributed by atoms with van der Waals surface area (Å²) in [5.41, 5.74) is -0.537. The van der Waals surface area contributed by atoms with Gasteiger partial charge >= 0.3 is 0 Å². The van der Waals surface area contributed by atoms with Crippen molar-refractivity contribution in [3.8, 4) is 0 Å². The summed E-state index contributed by atoms with van der Waals surface area (Å²) in [6, 6.07) is 0.194. The van der Waals surface area contributed by atoms with Gasteiger partial charge < -0.3 is 19.9 Å². The molecule has 0 aromatic rings. The molecular weight excluding hydrogens is 230 g/mol. The van der Waals surface area contributed by atoms with E-state index in [1.54, 1.807) is 0 Å². The molecule has 0 amide bonds. The van der Waals surface area contributed by atoms with Crippen molar-refractivity contribution >= 4 is 0 Å². The molecule has 1 aliphatic heterocycles. The maximum Gasteiger partial charge on any atom is 0.162 e. The van der Waals surface area contributed by atoms with E-state index in [-0.39, 0.29) is 6.04 Å². The SMILES string of the molecule is CC1CCCC(O)(CNC2COC(C)(C)OC2)C1. The first-order valence-corrected chi connectivity index (χ1v) is 7.12. The summed E-state index contributed by atoms with van der Waals surface area (Å²) in [6.07, 6.45) is 4.18. The Balaban J connectivity index is 1.74. The van der Waals surface area contributed by atoms with Gasteiger partial charge in [-0.15, -0.1) is 0 Å². The first-order chi connectivity index (χ1) is 8.39. The van der Waals surface area contributed by atoms with Gasteiger partial charge in [0.05, 0.1) is 24.9 Å². The zero-order valence-electron chi connectivity index (χ0n) is 11.9. The summed E-state index contributed by atoms with van der Waals surface area (Å²) in [5.74, 6) is 0.164. The standard InChI is InChI=1S/C14H27NO3/c1-11-5-4-6-14(16,7-11)10-15-12-8-17-13(2,3)18-9-12/h11-12,15-16H,4-10H2,1-3H3. The third-order valence-electron chi connectivity index (χ3n) is 4.05. The number of ether oxygens (including phenoxy) is 2. The van der Waals surface area contributed by atoms with Gasteiger partial charge in [-0.3, -0.25) is 0 Å². The molecule has 2 fully saturated rings. The van der Waals surface area contributed by atoms with Crippen molar-refractivity contribution in [2.75, 3.05) is 19.8 Å². The molecule has 106 valence electrons. The van der Waals surface area contributed by atoms with E-state index in [2.05, 4.69) is 12.2 Å². The molecule has 18 heavy (non-hydrogen) atoms. The van der Waals surface area contributed by atoms with Gasteiger partial charge in [0.15, 0.2) is 5.79 Å². The fourth-order valence-electron chi connectivity index (χ4n) is 2.94. The highest BCUT2D eigenvalue weighted by Gasteiger charge is 2.34.